The smallest absolute Gasteiger partial charge is 0.420 e. The molecule has 4 saturated carbocycles. The molecule has 0 aromatic carbocycles. The Bertz CT molecular complexity index is 698. The van der Waals surface area contributed by atoms with Crippen LogP contribution in [-0.4, -0.2) is 40.0 Å². The third-order valence-corrected chi connectivity index (χ3v) is 7.84. The number of aliphatic hydroxyl groups is 1. The van der Waals surface area contributed by atoms with E-state index in [0.29, 0.717) is 39.0 Å². The summed E-state index contributed by atoms with van der Waals surface area (Å²) in [6.45, 7) is 6.48. The highest BCUT2D eigenvalue weighted by Crippen LogP contribution is 2.63. The zero-order chi connectivity index (χ0) is 22.8. The molecule has 0 saturated heterocycles. The summed E-state index contributed by atoms with van der Waals surface area (Å²) in [7, 11) is 0. The molecule has 0 amide bonds. The minimum Gasteiger partial charge on any atom is -0.459 e. The van der Waals surface area contributed by atoms with Crippen LogP contribution in [-0.2, 0) is 19.1 Å². The van der Waals surface area contributed by atoms with Gasteiger partial charge in [0.05, 0.1) is 11.3 Å². The normalized spacial score (nSPS) is 36.2. The van der Waals surface area contributed by atoms with Gasteiger partial charge in [0.1, 0.15) is 11.2 Å². The SMILES string of the molecule is CCC(C)C(=O)OC12CC3CC(C1)CC(C(=O)OC(C)(C)C(C)(O)C(F)(F)F)(C3)C2. The molecule has 5 nitrogen and oxygen atoms in total. The van der Waals surface area contributed by atoms with Gasteiger partial charge >= 0.3 is 18.1 Å². The Morgan fingerprint density at radius 1 is 1.10 bits per heavy atom. The van der Waals surface area contributed by atoms with Crippen LogP contribution in [0.2, 0.25) is 0 Å². The number of carbonyl (C=O) groups excluding carboxylic acids is 2. The van der Waals surface area contributed by atoms with Crippen LogP contribution in [0.1, 0.15) is 79.6 Å². The van der Waals surface area contributed by atoms with Crippen molar-refractivity contribution in [3.8, 4) is 0 Å². The summed E-state index contributed by atoms with van der Waals surface area (Å²) >= 11 is 0. The highest BCUT2D eigenvalue weighted by Gasteiger charge is 2.66. The first kappa shape index (κ1) is 23.4. The van der Waals surface area contributed by atoms with Crippen molar-refractivity contribution in [2.75, 3.05) is 0 Å². The molecular weight excluding hydrogens is 401 g/mol. The number of halogens is 3. The predicted molar refractivity (Wildman–Crippen MR) is 102 cm³/mol. The minimum absolute atomic E-state index is 0.176. The monoisotopic (exact) mass is 434 g/mol. The number of esters is 2. The maximum Gasteiger partial charge on any atom is 0.420 e. The van der Waals surface area contributed by atoms with Crippen LogP contribution in [0, 0.1) is 23.2 Å². The topological polar surface area (TPSA) is 72.8 Å². The molecule has 4 rings (SSSR count). The lowest BCUT2D eigenvalue weighted by atomic mass is 9.48. The van der Waals surface area contributed by atoms with Gasteiger partial charge in [-0.15, -0.1) is 0 Å². The van der Waals surface area contributed by atoms with Crippen LogP contribution < -0.4 is 0 Å². The molecule has 8 heteroatoms. The lowest BCUT2D eigenvalue weighted by Gasteiger charge is -2.60. The fourth-order valence-corrected chi connectivity index (χ4v) is 5.80. The summed E-state index contributed by atoms with van der Waals surface area (Å²) < 4.78 is 51.4. The zero-order valence-corrected chi connectivity index (χ0v) is 18.4. The van der Waals surface area contributed by atoms with Gasteiger partial charge in [-0.3, -0.25) is 9.59 Å². The lowest BCUT2D eigenvalue weighted by Crippen LogP contribution is -2.64. The van der Waals surface area contributed by atoms with Crippen LogP contribution in [0.15, 0.2) is 0 Å². The van der Waals surface area contributed by atoms with Gasteiger partial charge in [0.15, 0.2) is 5.60 Å². The largest absolute Gasteiger partial charge is 0.459 e. The molecule has 30 heavy (non-hydrogen) atoms. The Morgan fingerprint density at radius 2 is 1.63 bits per heavy atom. The van der Waals surface area contributed by atoms with Gasteiger partial charge in [-0.2, -0.15) is 13.2 Å². The van der Waals surface area contributed by atoms with Crippen molar-refractivity contribution in [1.82, 2.24) is 0 Å². The number of ether oxygens (including phenoxy) is 2. The first-order chi connectivity index (χ1) is 13.6. The second-order valence-electron chi connectivity index (χ2n) is 10.6. The predicted octanol–water partition coefficient (Wildman–Crippen LogP) is 4.55. The van der Waals surface area contributed by atoms with Gasteiger partial charge in [0.2, 0.25) is 0 Å². The summed E-state index contributed by atoms with van der Waals surface area (Å²) in [5, 5.41) is 10.1. The van der Waals surface area contributed by atoms with Crippen LogP contribution in [0.4, 0.5) is 13.2 Å². The zero-order valence-electron chi connectivity index (χ0n) is 18.4. The standard InChI is InChI=1S/C22H33F3O5/c1-6-13(2)16(26)29-21-10-14-7-15(11-21)9-20(8-14,12-21)17(27)30-18(3,4)19(5,28)22(23,24)25/h13-15,28H,6-12H2,1-5H3. The van der Waals surface area contributed by atoms with E-state index in [2.05, 4.69) is 0 Å². The van der Waals surface area contributed by atoms with Crippen molar-refractivity contribution in [1.29, 1.82) is 0 Å². The second-order valence-corrected chi connectivity index (χ2v) is 10.6. The van der Waals surface area contributed by atoms with Gasteiger partial charge < -0.3 is 14.6 Å². The molecule has 0 radical (unpaired) electrons. The molecule has 1 N–H and O–H groups in total. The van der Waals surface area contributed by atoms with Crippen LogP contribution in [0.25, 0.3) is 0 Å². The third-order valence-electron chi connectivity index (χ3n) is 7.84. The Balaban J connectivity index is 1.84. The Hall–Kier alpha value is -1.31. The van der Waals surface area contributed by atoms with Crippen molar-refractivity contribution in [2.45, 2.75) is 103 Å². The third kappa shape index (κ3) is 3.73. The number of rotatable bonds is 6. The van der Waals surface area contributed by atoms with Gasteiger partial charge in [-0.05, 0) is 71.1 Å². The quantitative estimate of drug-likeness (QED) is 0.621. The summed E-state index contributed by atoms with van der Waals surface area (Å²) in [4.78, 5) is 25.8. The number of hydrogen-bond donors (Lipinski definition) is 1. The van der Waals surface area contributed by atoms with E-state index in [1.54, 1.807) is 6.92 Å². The maximum absolute atomic E-state index is 13.4. The first-order valence-corrected chi connectivity index (χ1v) is 10.8. The van der Waals surface area contributed by atoms with Crippen molar-refractivity contribution >= 4 is 11.9 Å². The molecule has 0 aliphatic heterocycles. The molecule has 4 unspecified atom stereocenters. The van der Waals surface area contributed by atoms with Crippen molar-refractivity contribution in [3.05, 3.63) is 0 Å². The average Bonchev–Trinajstić information content (AvgIpc) is 2.57. The highest BCUT2D eigenvalue weighted by molar-refractivity contribution is 5.79. The van der Waals surface area contributed by atoms with Crippen molar-refractivity contribution < 1.29 is 37.3 Å². The summed E-state index contributed by atoms with van der Waals surface area (Å²) in [6.07, 6.45) is -0.681. The molecule has 4 fully saturated rings. The van der Waals surface area contributed by atoms with E-state index in [-0.39, 0.29) is 30.1 Å². The van der Waals surface area contributed by atoms with E-state index in [1.807, 2.05) is 6.92 Å². The molecule has 4 bridgehead atoms. The summed E-state index contributed by atoms with van der Waals surface area (Å²) in [5.74, 6) is -0.912. The van der Waals surface area contributed by atoms with E-state index >= 15 is 0 Å². The van der Waals surface area contributed by atoms with Crippen molar-refractivity contribution in [2.24, 2.45) is 23.2 Å². The Labute approximate surface area is 175 Å². The molecule has 0 spiro atoms. The van der Waals surface area contributed by atoms with E-state index in [9.17, 15) is 27.9 Å². The van der Waals surface area contributed by atoms with E-state index in [1.165, 1.54) is 0 Å². The molecule has 0 aromatic rings. The first-order valence-electron chi connectivity index (χ1n) is 10.8. The Morgan fingerprint density at radius 3 is 2.10 bits per heavy atom. The minimum atomic E-state index is -4.95. The average molecular weight is 434 g/mol. The number of hydrogen-bond acceptors (Lipinski definition) is 5. The van der Waals surface area contributed by atoms with Gasteiger partial charge in [-0.25, -0.2) is 0 Å². The summed E-state index contributed by atoms with van der Waals surface area (Å²) in [6, 6.07) is 0. The lowest BCUT2D eigenvalue weighted by molar-refractivity contribution is -0.310. The van der Waals surface area contributed by atoms with Gasteiger partial charge in [0, 0.05) is 6.42 Å². The Kier molecular flexibility index (Phi) is 5.53. The second kappa shape index (κ2) is 7.10. The molecule has 0 heterocycles. The fourth-order valence-electron chi connectivity index (χ4n) is 5.80. The van der Waals surface area contributed by atoms with Gasteiger partial charge in [0.25, 0.3) is 0 Å². The van der Waals surface area contributed by atoms with Crippen molar-refractivity contribution in [3.63, 3.8) is 0 Å². The van der Waals surface area contributed by atoms with E-state index < -0.39 is 34.4 Å². The number of carbonyl (C=O) groups is 2. The molecule has 4 atom stereocenters. The molecular formula is C22H33F3O5. The fraction of sp³-hybridized carbons (Fsp3) is 0.909. The summed E-state index contributed by atoms with van der Waals surface area (Å²) in [5.41, 5.74) is -7.08. The van der Waals surface area contributed by atoms with E-state index in [4.69, 9.17) is 9.47 Å². The molecule has 4 aliphatic carbocycles. The maximum atomic E-state index is 13.4. The van der Waals surface area contributed by atoms with E-state index in [0.717, 1.165) is 20.3 Å². The van der Waals surface area contributed by atoms with Crippen LogP contribution in [0.3, 0.4) is 0 Å². The van der Waals surface area contributed by atoms with Crippen LogP contribution in [0.5, 0.6) is 0 Å². The molecule has 4 aliphatic rings. The van der Waals surface area contributed by atoms with Crippen LogP contribution >= 0.6 is 0 Å². The highest BCUT2D eigenvalue weighted by atomic mass is 19.4. The van der Waals surface area contributed by atoms with Gasteiger partial charge in [-0.1, -0.05) is 13.8 Å². The number of alkyl halides is 3. The molecule has 172 valence electrons. The molecule has 0 aromatic heterocycles.